The van der Waals surface area contributed by atoms with Gasteiger partial charge in [-0.15, -0.1) is 0 Å². The fourth-order valence-corrected chi connectivity index (χ4v) is 5.01. The molecule has 0 saturated carbocycles. The van der Waals surface area contributed by atoms with E-state index in [-0.39, 0.29) is 54.9 Å². The average molecular weight is 462 g/mol. The molecule has 0 unspecified atom stereocenters. The number of anilines is 1. The first kappa shape index (κ1) is 21.8. The summed E-state index contributed by atoms with van der Waals surface area (Å²) >= 11 is 0. The number of sulfonamides is 1. The predicted octanol–water partition coefficient (Wildman–Crippen LogP) is 1.31. The quantitative estimate of drug-likeness (QED) is 0.502. The number of rotatable bonds is 6. The molecule has 0 radical (unpaired) electrons. The summed E-state index contributed by atoms with van der Waals surface area (Å²) in [6.45, 7) is 1.39. The lowest BCUT2D eigenvalue weighted by Crippen LogP contribution is -2.51. The first-order chi connectivity index (χ1) is 15.4. The summed E-state index contributed by atoms with van der Waals surface area (Å²) in [7, 11) is -3.75. The molecule has 1 amide bonds. The van der Waals surface area contributed by atoms with Gasteiger partial charge in [-0.1, -0.05) is 12.1 Å². The van der Waals surface area contributed by atoms with Crippen LogP contribution < -0.4 is 14.8 Å². The number of para-hydroxylation sites is 2. The van der Waals surface area contributed by atoms with Gasteiger partial charge in [0.2, 0.25) is 15.9 Å². The Morgan fingerprint density at radius 2 is 1.72 bits per heavy atom. The van der Waals surface area contributed by atoms with E-state index in [0.29, 0.717) is 24.7 Å². The second kappa shape index (κ2) is 9.01. The van der Waals surface area contributed by atoms with E-state index >= 15 is 0 Å². The maximum Gasteiger partial charge on any atom is 0.292 e. The minimum Gasteiger partial charge on any atom is -0.486 e. The van der Waals surface area contributed by atoms with E-state index in [2.05, 4.69) is 5.32 Å². The van der Waals surface area contributed by atoms with E-state index in [1.54, 1.807) is 18.2 Å². The molecule has 2 heterocycles. The molecule has 2 aromatic carbocycles. The molecular weight excluding hydrogens is 440 g/mol. The van der Waals surface area contributed by atoms with E-state index in [4.69, 9.17) is 9.47 Å². The Kier molecular flexibility index (Phi) is 6.15. The molecule has 0 bridgehead atoms. The van der Waals surface area contributed by atoms with Crippen molar-refractivity contribution in [3.8, 4) is 11.5 Å². The van der Waals surface area contributed by atoms with Gasteiger partial charge in [0.05, 0.1) is 16.4 Å². The fourth-order valence-electron chi connectivity index (χ4n) is 3.58. The standard InChI is InChI=1S/C20H22N4O7S/c25-20(14-21-16-3-1-2-4-17(16)24(26)27)22-7-9-23(10-8-22)32(28,29)15-5-6-18-19(13-15)31-12-11-30-18/h1-6,13,21H,7-12,14H2. The van der Waals surface area contributed by atoms with Crippen LogP contribution in [-0.4, -0.2) is 74.4 Å². The number of nitrogens with zero attached hydrogens (tertiary/aromatic N) is 3. The lowest BCUT2D eigenvalue weighted by Gasteiger charge is -2.34. The molecule has 1 N–H and O–H groups in total. The van der Waals surface area contributed by atoms with Gasteiger partial charge in [0, 0.05) is 38.3 Å². The first-order valence-electron chi connectivity index (χ1n) is 10.0. The third-order valence-corrected chi connectivity index (χ3v) is 7.17. The summed E-state index contributed by atoms with van der Waals surface area (Å²) < 4.78 is 38.3. The summed E-state index contributed by atoms with van der Waals surface area (Å²) in [5.74, 6) is 0.642. The van der Waals surface area contributed by atoms with Crippen LogP contribution in [0.25, 0.3) is 0 Å². The van der Waals surface area contributed by atoms with Crippen LogP contribution in [-0.2, 0) is 14.8 Å². The lowest BCUT2D eigenvalue weighted by atomic mass is 10.2. The zero-order chi connectivity index (χ0) is 22.7. The normalized spacial score (nSPS) is 16.4. The third kappa shape index (κ3) is 4.46. The Balaban J connectivity index is 1.35. The number of carbonyl (C=O) groups is 1. The monoisotopic (exact) mass is 462 g/mol. The topological polar surface area (TPSA) is 131 Å². The van der Waals surface area contributed by atoms with Crippen LogP contribution in [0.2, 0.25) is 0 Å². The molecule has 2 aliphatic rings. The van der Waals surface area contributed by atoms with Gasteiger partial charge >= 0.3 is 0 Å². The highest BCUT2D eigenvalue weighted by Gasteiger charge is 2.31. The van der Waals surface area contributed by atoms with Crippen molar-refractivity contribution in [3.05, 3.63) is 52.6 Å². The summed E-state index contributed by atoms with van der Waals surface area (Å²) in [6.07, 6.45) is 0. The molecule has 2 aromatic rings. The van der Waals surface area contributed by atoms with E-state index in [1.807, 2.05) is 0 Å². The van der Waals surface area contributed by atoms with Gasteiger partial charge in [0.15, 0.2) is 11.5 Å². The Morgan fingerprint density at radius 1 is 1.03 bits per heavy atom. The Morgan fingerprint density at radius 3 is 2.44 bits per heavy atom. The van der Waals surface area contributed by atoms with E-state index in [9.17, 15) is 23.3 Å². The highest BCUT2D eigenvalue weighted by Crippen LogP contribution is 2.33. The maximum atomic E-state index is 13.0. The van der Waals surface area contributed by atoms with Gasteiger partial charge in [-0.05, 0) is 18.2 Å². The predicted molar refractivity (Wildman–Crippen MR) is 114 cm³/mol. The molecule has 0 aliphatic carbocycles. The van der Waals surface area contributed by atoms with E-state index < -0.39 is 14.9 Å². The lowest BCUT2D eigenvalue weighted by molar-refractivity contribution is -0.383. The number of amides is 1. The van der Waals surface area contributed by atoms with Crippen LogP contribution in [0, 0.1) is 10.1 Å². The van der Waals surface area contributed by atoms with Crippen molar-refractivity contribution in [2.24, 2.45) is 0 Å². The molecule has 170 valence electrons. The Bertz CT molecular complexity index is 1130. The number of benzene rings is 2. The summed E-state index contributed by atoms with van der Waals surface area (Å²) in [5.41, 5.74) is 0.140. The fraction of sp³-hybridized carbons (Fsp3) is 0.350. The number of nitrogens with one attached hydrogen (secondary N) is 1. The second-order valence-corrected chi connectivity index (χ2v) is 9.16. The highest BCUT2D eigenvalue weighted by molar-refractivity contribution is 7.89. The van der Waals surface area contributed by atoms with Crippen molar-refractivity contribution in [1.82, 2.24) is 9.21 Å². The van der Waals surface area contributed by atoms with Gasteiger partial charge in [-0.3, -0.25) is 14.9 Å². The van der Waals surface area contributed by atoms with Crippen molar-refractivity contribution in [3.63, 3.8) is 0 Å². The van der Waals surface area contributed by atoms with Gasteiger partial charge in [0.1, 0.15) is 18.9 Å². The highest BCUT2D eigenvalue weighted by atomic mass is 32.2. The number of fused-ring (bicyclic) bond motifs is 1. The number of carbonyl (C=O) groups excluding carboxylic acids is 1. The zero-order valence-corrected chi connectivity index (χ0v) is 17.9. The Hall–Kier alpha value is -3.38. The number of nitro groups is 1. The van der Waals surface area contributed by atoms with Gasteiger partial charge in [-0.2, -0.15) is 4.31 Å². The Labute approximate surface area is 184 Å². The van der Waals surface area contributed by atoms with Crippen LogP contribution in [0.4, 0.5) is 11.4 Å². The molecule has 4 rings (SSSR count). The summed E-state index contributed by atoms with van der Waals surface area (Å²) in [4.78, 5) is 24.8. The number of nitro benzene ring substituents is 1. The SMILES string of the molecule is O=C(CNc1ccccc1[N+](=O)[O-])N1CCN(S(=O)(=O)c2ccc3c(c2)OCCO3)CC1. The van der Waals surface area contributed by atoms with E-state index in [0.717, 1.165) is 0 Å². The molecule has 1 fully saturated rings. The summed E-state index contributed by atoms with van der Waals surface area (Å²) in [6, 6.07) is 10.6. The number of hydrogen-bond donors (Lipinski definition) is 1. The van der Waals surface area contributed by atoms with Gasteiger partial charge < -0.3 is 19.7 Å². The van der Waals surface area contributed by atoms with Gasteiger partial charge in [-0.25, -0.2) is 8.42 Å². The minimum absolute atomic E-state index is 0.111. The van der Waals surface area contributed by atoms with Gasteiger partial charge in [0.25, 0.3) is 5.69 Å². The third-order valence-electron chi connectivity index (χ3n) is 5.27. The molecular formula is C20H22N4O7S. The molecule has 12 heteroatoms. The molecule has 0 aromatic heterocycles. The van der Waals surface area contributed by atoms with Crippen molar-refractivity contribution >= 4 is 27.3 Å². The number of ether oxygens (including phenoxy) is 2. The van der Waals surface area contributed by atoms with Crippen LogP contribution in [0.15, 0.2) is 47.4 Å². The molecule has 2 aliphatic heterocycles. The summed E-state index contributed by atoms with van der Waals surface area (Å²) in [5, 5.41) is 13.9. The zero-order valence-electron chi connectivity index (χ0n) is 17.1. The maximum absolute atomic E-state index is 13.0. The van der Waals surface area contributed by atoms with Crippen LogP contribution in [0.5, 0.6) is 11.5 Å². The number of piperazine rings is 1. The van der Waals surface area contributed by atoms with Crippen LogP contribution in [0.3, 0.4) is 0 Å². The van der Waals surface area contributed by atoms with Crippen molar-refractivity contribution in [1.29, 1.82) is 0 Å². The molecule has 1 saturated heterocycles. The molecule has 0 atom stereocenters. The molecule has 32 heavy (non-hydrogen) atoms. The van der Waals surface area contributed by atoms with Crippen LogP contribution in [0.1, 0.15) is 0 Å². The van der Waals surface area contributed by atoms with Crippen molar-refractivity contribution in [2.45, 2.75) is 4.90 Å². The molecule has 11 nitrogen and oxygen atoms in total. The van der Waals surface area contributed by atoms with Crippen LogP contribution >= 0.6 is 0 Å². The van der Waals surface area contributed by atoms with Crippen molar-refractivity contribution in [2.75, 3.05) is 51.3 Å². The van der Waals surface area contributed by atoms with Crippen molar-refractivity contribution < 1.29 is 27.6 Å². The second-order valence-electron chi connectivity index (χ2n) is 7.22. The average Bonchev–Trinajstić information content (AvgIpc) is 2.82. The minimum atomic E-state index is -3.75. The van der Waals surface area contributed by atoms with E-state index in [1.165, 1.54) is 33.5 Å². The number of hydrogen-bond acceptors (Lipinski definition) is 8. The smallest absolute Gasteiger partial charge is 0.292 e. The largest absolute Gasteiger partial charge is 0.486 e. The first-order valence-corrected chi connectivity index (χ1v) is 11.4. The molecule has 0 spiro atoms.